The molecule has 0 bridgehead atoms. The van der Waals surface area contributed by atoms with Crippen LogP contribution in [0.25, 0.3) is 0 Å². The van der Waals surface area contributed by atoms with E-state index in [1.54, 1.807) is 36.3 Å². The molecule has 7 heteroatoms. The maximum atomic E-state index is 13.8. The molecule has 4 rings (SSSR count). The first-order valence-corrected chi connectivity index (χ1v) is 13.1. The standard InChI is InChI=1S/C32H31ClN2O4/c1-38-29-18-10-8-16-26(29)21-34-32(37)28(20-24-12-4-2-5-13-24)35(22-25-14-6-3-7-15-25)31(36)23-39-30-19-11-9-17-27(30)33/h2-19,28H,20-23H2,1H3,(H,34,37). The Hall–Kier alpha value is -4.29. The highest BCUT2D eigenvalue weighted by Gasteiger charge is 2.31. The van der Waals surface area contributed by atoms with E-state index in [2.05, 4.69) is 5.32 Å². The third-order valence-electron chi connectivity index (χ3n) is 6.30. The van der Waals surface area contributed by atoms with Crippen LogP contribution in [0.2, 0.25) is 5.02 Å². The fourth-order valence-corrected chi connectivity index (χ4v) is 4.46. The van der Waals surface area contributed by atoms with Crippen molar-refractivity contribution < 1.29 is 19.1 Å². The van der Waals surface area contributed by atoms with Crippen molar-refractivity contribution in [2.24, 2.45) is 0 Å². The van der Waals surface area contributed by atoms with Gasteiger partial charge in [-0.3, -0.25) is 9.59 Å². The van der Waals surface area contributed by atoms with E-state index in [0.717, 1.165) is 16.7 Å². The van der Waals surface area contributed by atoms with E-state index < -0.39 is 6.04 Å². The van der Waals surface area contributed by atoms with Gasteiger partial charge in [0.25, 0.3) is 5.91 Å². The van der Waals surface area contributed by atoms with Crippen LogP contribution in [-0.4, -0.2) is 36.5 Å². The highest BCUT2D eigenvalue weighted by atomic mass is 35.5. The summed E-state index contributed by atoms with van der Waals surface area (Å²) in [5, 5.41) is 3.44. The van der Waals surface area contributed by atoms with Crippen molar-refractivity contribution in [3.8, 4) is 11.5 Å². The van der Waals surface area contributed by atoms with Gasteiger partial charge in [-0.1, -0.05) is 103 Å². The number of nitrogens with zero attached hydrogens (tertiary/aromatic N) is 1. The van der Waals surface area contributed by atoms with E-state index in [1.165, 1.54) is 0 Å². The molecule has 0 radical (unpaired) electrons. The average Bonchev–Trinajstić information content (AvgIpc) is 2.98. The summed E-state index contributed by atoms with van der Waals surface area (Å²) >= 11 is 6.24. The fourth-order valence-electron chi connectivity index (χ4n) is 4.27. The normalized spacial score (nSPS) is 11.3. The van der Waals surface area contributed by atoms with Crippen molar-refractivity contribution in [2.45, 2.75) is 25.6 Å². The summed E-state index contributed by atoms with van der Waals surface area (Å²) in [6, 6.07) is 33.0. The van der Waals surface area contributed by atoms with Gasteiger partial charge in [-0.05, 0) is 29.3 Å². The molecule has 1 unspecified atom stereocenters. The van der Waals surface area contributed by atoms with E-state index in [0.29, 0.717) is 22.9 Å². The fraction of sp³-hybridized carbons (Fsp3) is 0.188. The number of amides is 2. The van der Waals surface area contributed by atoms with Crippen LogP contribution in [0.5, 0.6) is 11.5 Å². The van der Waals surface area contributed by atoms with Crippen LogP contribution < -0.4 is 14.8 Å². The van der Waals surface area contributed by atoms with E-state index in [4.69, 9.17) is 21.1 Å². The van der Waals surface area contributed by atoms with E-state index >= 15 is 0 Å². The number of rotatable bonds is 12. The van der Waals surface area contributed by atoms with Gasteiger partial charge in [0, 0.05) is 25.1 Å². The zero-order valence-electron chi connectivity index (χ0n) is 21.8. The molecule has 0 saturated carbocycles. The molecule has 0 heterocycles. The predicted molar refractivity (Wildman–Crippen MR) is 153 cm³/mol. The Kier molecular flexibility index (Phi) is 9.98. The number of nitrogens with one attached hydrogen (secondary N) is 1. The van der Waals surface area contributed by atoms with Crippen LogP contribution in [0.3, 0.4) is 0 Å². The first kappa shape index (κ1) is 27.7. The molecular formula is C32H31ClN2O4. The van der Waals surface area contributed by atoms with Crippen molar-refractivity contribution in [3.63, 3.8) is 0 Å². The van der Waals surface area contributed by atoms with Crippen molar-refractivity contribution in [2.75, 3.05) is 13.7 Å². The summed E-state index contributed by atoms with van der Waals surface area (Å²) in [6.45, 7) is 0.240. The quantitative estimate of drug-likeness (QED) is 0.250. The molecule has 200 valence electrons. The Labute approximate surface area is 234 Å². The first-order chi connectivity index (χ1) is 19.0. The lowest BCUT2D eigenvalue weighted by atomic mass is 10.0. The lowest BCUT2D eigenvalue weighted by Crippen LogP contribution is -2.51. The number of benzene rings is 4. The minimum atomic E-state index is -0.787. The Balaban J connectivity index is 1.61. The Bertz CT molecular complexity index is 1360. The van der Waals surface area contributed by atoms with Crippen molar-refractivity contribution in [3.05, 3.63) is 131 Å². The molecule has 0 aliphatic rings. The van der Waals surface area contributed by atoms with Crippen molar-refractivity contribution in [1.29, 1.82) is 0 Å². The van der Waals surface area contributed by atoms with Gasteiger partial charge in [0.15, 0.2) is 6.61 Å². The molecule has 1 atom stereocenters. The number of halogens is 1. The molecule has 6 nitrogen and oxygen atoms in total. The largest absolute Gasteiger partial charge is 0.496 e. The Morgan fingerprint density at radius 2 is 1.38 bits per heavy atom. The Morgan fingerprint density at radius 1 is 0.795 bits per heavy atom. The molecule has 4 aromatic rings. The van der Waals surface area contributed by atoms with Gasteiger partial charge in [0.05, 0.1) is 12.1 Å². The molecule has 4 aromatic carbocycles. The second kappa shape index (κ2) is 14.0. The monoisotopic (exact) mass is 542 g/mol. The molecule has 2 amide bonds. The Morgan fingerprint density at radius 3 is 2.05 bits per heavy atom. The van der Waals surface area contributed by atoms with Crippen LogP contribution in [0, 0.1) is 0 Å². The molecule has 39 heavy (non-hydrogen) atoms. The van der Waals surface area contributed by atoms with Crippen LogP contribution >= 0.6 is 11.6 Å². The lowest BCUT2D eigenvalue weighted by Gasteiger charge is -2.31. The number of carbonyl (C=O) groups excluding carboxylic acids is 2. The minimum Gasteiger partial charge on any atom is -0.496 e. The van der Waals surface area contributed by atoms with E-state index in [9.17, 15) is 9.59 Å². The molecular weight excluding hydrogens is 512 g/mol. The van der Waals surface area contributed by atoms with Gasteiger partial charge in [-0.25, -0.2) is 0 Å². The lowest BCUT2D eigenvalue weighted by molar-refractivity contribution is -0.142. The molecule has 0 fully saturated rings. The van der Waals surface area contributed by atoms with Gasteiger partial charge in [0.2, 0.25) is 5.91 Å². The van der Waals surface area contributed by atoms with Gasteiger partial charge in [-0.2, -0.15) is 0 Å². The molecule has 0 saturated heterocycles. The topological polar surface area (TPSA) is 67.9 Å². The zero-order valence-corrected chi connectivity index (χ0v) is 22.5. The summed E-state index contributed by atoms with van der Waals surface area (Å²) in [6.07, 6.45) is 0.337. The van der Waals surface area contributed by atoms with Crippen LogP contribution in [0.1, 0.15) is 16.7 Å². The third kappa shape index (κ3) is 7.85. The summed E-state index contributed by atoms with van der Waals surface area (Å²) in [5.41, 5.74) is 2.68. The van der Waals surface area contributed by atoms with Gasteiger partial charge >= 0.3 is 0 Å². The molecule has 1 N–H and O–H groups in total. The zero-order chi connectivity index (χ0) is 27.5. The highest BCUT2D eigenvalue weighted by molar-refractivity contribution is 6.32. The number of carbonyl (C=O) groups is 2. The summed E-state index contributed by atoms with van der Waals surface area (Å²) < 4.78 is 11.2. The molecule has 0 aliphatic heterocycles. The maximum Gasteiger partial charge on any atom is 0.261 e. The third-order valence-corrected chi connectivity index (χ3v) is 6.61. The van der Waals surface area contributed by atoms with Crippen molar-refractivity contribution >= 4 is 23.4 Å². The van der Waals surface area contributed by atoms with Crippen LogP contribution in [-0.2, 0) is 29.1 Å². The predicted octanol–water partition coefficient (Wildman–Crippen LogP) is 5.68. The first-order valence-electron chi connectivity index (χ1n) is 12.7. The smallest absolute Gasteiger partial charge is 0.261 e. The van der Waals surface area contributed by atoms with E-state index in [-0.39, 0.29) is 31.5 Å². The van der Waals surface area contributed by atoms with Gasteiger partial charge < -0.3 is 19.7 Å². The van der Waals surface area contributed by atoms with E-state index in [1.807, 2.05) is 84.9 Å². The maximum absolute atomic E-state index is 13.8. The number of ether oxygens (including phenoxy) is 2. The highest BCUT2D eigenvalue weighted by Crippen LogP contribution is 2.24. The summed E-state index contributed by atoms with van der Waals surface area (Å²) in [5.74, 6) is 0.495. The van der Waals surface area contributed by atoms with Gasteiger partial charge in [-0.15, -0.1) is 0 Å². The number of methoxy groups -OCH3 is 1. The molecule has 0 spiro atoms. The van der Waals surface area contributed by atoms with Gasteiger partial charge in [0.1, 0.15) is 17.5 Å². The second-order valence-corrected chi connectivity index (χ2v) is 9.37. The minimum absolute atomic E-state index is 0.241. The average molecular weight is 543 g/mol. The number of para-hydroxylation sites is 2. The summed E-state index contributed by atoms with van der Waals surface area (Å²) in [7, 11) is 1.60. The second-order valence-electron chi connectivity index (χ2n) is 8.96. The number of hydrogen-bond donors (Lipinski definition) is 1. The molecule has 0 aliphatic carbocycles. The SMILES string of the molecule is COc1ccccc1CNC(=O)C(Cc1ccccc1)N(Cc1ccccc1)C(=O)COc1ccccc1Cl. The van der Waals surface area contributed by atoms with Crippen LogP contribution in [0.15, 0.2) is 109 Å². The van der Waals surface area contributed by atoms with Crippen molar-refractivity contribution in [1.82, 2.24) is 10.2 Å². The van der Waals surface area contributed by atoms with Crippen LogP contribution in [0.4, 0.5) is 0 Å². The molecule has 0 aromatic heterocycles. The summed E-state index contributed by atoms with van der Waals surface area (Å²) in [4.78, 5) is 29.1. The number of hydrogen-bond acceptors (Lipinski definition) is 4.